The van der Waals surface area contributed by atoms with Crippen molar-refractivity contribution in [2.24, 2.45) is 0 Å². The SMILES string of the molecule is COc1ccccc1-c1cn(COCC[Si](C)(C)C)c2nc(NC(=O)NC3CC3)ccc12. The van der Waals surface area contributed by atoms with Gasteiger partial charge in [0.1, 0.15) is 23.9 Å². The number of ether oxygens (including phenoxy) is 2. The van der Waals surface area contributed by atoms with E-state index in [-0.39, 0.29) is 6.03 Å². The molecule has 0 saturated heterocycles. The summed E-state index contributed by atoms with van der Waals surface area (Å²) in [6.07, 6.45) is 4.14. The Bertz CT molecular complexity index is 1100. The van der Waals surface area contributed by atoms with Gasteiger partial charge in [-0.15, -0.1) is 0 Å². The van der Waals surface area contributed by atoms with Gasteiger partial charge < -0.3 is 19.4 Å². The van der Waals surface area contributed by atoms with Crippen LogP contribution in [0.4, 0.5) is 10.6 Å². The molecule has 2 amide bonds. The normalized spacial score (nSPS) is 13.9. The maximum Gasteiger partial charge on any atom is 0.320 e. The zero-order valence-electron chi connectivity index (χ0n) is 19.3. The quantitative estimate of drug-likeness (QED) is 0.341. The van der Waals surface area contributed by atoms with E-state index in [1.54, 1.807) is 7.11 Å². The Kier molecular flexibility index (Phi) is 6.52. The van der Waals surface area contributed by atoms with Crippen LogP contribution in [0.3, 0.4) is 0 Å². The van der Waals surface area contributed by atoms with Gasteiger partial charge in [-0.25, -0.2) is 9.78 Å². The molecular weight excluding hydrogens is 420 g/mol. The molecule has 1 aliphatic carbocycles. The van der Waals surface area contributed by atoms with Crippen LogP contribution < -0.4 is 15.4 Å². The van der Waals surface area contributed by atoms with Crippen molar-refractivity contribution in [1.29, 1.82) is 0 Å². The summed E-state index contributed by atoms with van der Waals surface area (Å²) in [4.78, 5) is 16.9. The molecule has 0 aliphatic heterocycles. The number of urea groups is 1. The second-order valence-corrected chi connectivity index (χ2v) is 15.1. The number of pyridine rings is 1. The summed E-state index contributed by atoms with van der Waals surface area (Å²) in [6.45, 7) is 8.15. The third kappa shape index (κ3) is 5.49. The van der Waals surface area contributed by atoms with Crippen molar-refractivity contribution in [1.82, 2.24) is 14.9 Å². The number of aromatic nitrogens is 2. The highest BCUT2D eigenvalue weighted by Crippen LogP contribution is 2.36. The smallest absolute Gasteiger partial charge is 0.320 e. The van der Waals surface area contributed by atoms with Gasteiger partial charge in [0.2, 0.25) is 0 Å². The Morgan fingerprint density at radius 3 is 2.66 bits per heavy atom. The summed E-state index contributed by atoms with van der Waals surface area (Å²) in [5.41, 5.74) is 2.78. The number of nitrogens with zero attached hydrogens (tertiary/aromatic N) is 2. The maximum atomic E-state index is 12.2. The molecule has 2 N–H and O–H groups in total. The molecule has 0 bridgehead atoms. The number of benzene rings is 1. The lowest BCUT2D eigenvalue weighted by Crippen LogP contribution is -2.30. The second kappa shape index (κ2) is 9.34. The average molecular weight is 453 g/mol. The van der Waals surface area contributed by atoms with E-state index in [0.29, 0.717) is 18.6 Å². The van der Waals surface area contributed by atoms with Crippen molar-refractivity contribution in [3.63, 3.8) is 0 Å². The van der Waals surface area contributed by atoms with Gasteiger partial charge in [0, 0.05) is 43.4 Å². The lowest BCUT2D eigenvalue weighted by molar-refractivity contribution is 0.0899. The number of nitrogens with one attached hydrogen (secondary N) is 2. The van der Waals surface area contributed by atoms with Crippen LogP contribution in [-0.4, -0.2) is 43.4 Å². The first kappa shape index (κ1) is 22.4. The monoisotopic (exact) mass is 452 g/mol. The highest BCUT2D eigenvalue weighted by molar-refractivity contribution is 6.76. The Balaban J connectivity index is 1.64. The zero-order valence-corrected chi connectivity index (χ0v) is 20.3. The van der Waals surface area contributed by atoms with E-state index in [9.17, 15) is 4.79 Å². The zero-order chi connectivity index (χ0) is 22.7. The third-order valence-corrected chi connectivity index (χ3v) is 7.20. The van der Waals surface area contributed by atoms with E-state index >= 15 is 0 Å². The number of amides is 2. The predicted octanol–water partition coefficient (Wildman–Crippen LogP) is 5.31. The van der Waals surface area contributed by atoms with Gasteiger partial charge in [-0.05, 0) is 37.1 Å². The molecule has 0 atom stereocenters. The van der Waals surface area contributed by atoms with E-state index in [1.165, 1.54) is 0 Å². The van der Waals surface area contributed by atoms with Crippen molar-refractivity contribution in [2.75, 3.05) is 19.0 Å². The molecule has 2 aromatic heterocycles. The summed E-state index contributed by atoms with van der Waals surface area (Å²) < 4.78 is 13.6. The minimum absolute atomic E-state index is 0.214. The lowest BCUT2D eigenvalue weighted by Gasteiger charge is -2.15. The number of rotatable bonds is 9. The molecule has 4 rings (SSSR count). The van der Waals surface area contributed by atoms with Crippen molar-refractivity contribution in [3.8, 4) is 16.9 Å². The number of hydrogen-bond acceptors (Lipinski definition) is 4. The molecule has 7 nitrogen and oxygen atoms in total. The van der Waals surface area contributed by atoms with Gasteiger partial charge in [0.25, 0.3) is 0 Å². The standard InChI is InChI=1S/C24H32N4O3Si/c1-30-21-8-6-5-7-18(21)20-15-28(16-31-13-14-32(2,3)4)23-19(20)11-12-22(26-23)27-24(29)25-17-9-10-17/h5-8,11-12,15,17H,9-10,13-14,16H2,1-4H3,(H2,25,26,27,29). The lowest BCUT2D eigenvalue weighted by atomic mass is 10.0. The summed E-state index contributed by atoms with van der Waals surface area (Å²) in [6, 6.07) is 13.0. The average Bonchev–Trinajstić information content (AvgIpc) is 3.49. The van der Waals surface area contributed by atoms with Crippen LogP contribution in [0, 0.1) is 0 Å². The maximum absolute atomic E-state index is 12.2. The number of fused-ring (bicyclic) bond motifs is 1. The molecule has 0 spiro atoms. The van der Waals surface area contributed by atoms with Crippen molar-refractivity contribution in [3.05, 3.63) is 42.6 Å². The topological polar surface area (TPSA) is 77.4 Å². The molecule has 1 aromatic carbocycles. The Hall–Kier alpha value is -2.84. The van der Waals surface area contributed by atoms with E-state index < -0.39 is 8.07 Å². The number of anilines is 1. The van der Waals surface area contributed by atoms with Gasteiger partial charge in [-0.1, -0.05) is 37.8 Å². The first-order chi connectivity index (χ1) is 15.3. The largest absolute Gasteiger partial charge is 0.496 e. The van der Waals surface area contributed by atoms with Gasteiger partial charge in [0.15, 0.2) is 0 Å². The third-order valence-electron chi connectivity index (χ3n) is 5.50. The van der Waals surface area contributed by atoms with E-state index in [1.807, 2.05) is 41.0 Å². The van der Waals surface area contributed by atoms with Gasteiger partial charge in [0.05, 0.1) is 7.11 Å². The predicted molar refractivity (Wildman–Crippen MR) is 131 cm³/mol. The first-order valence-electron chi connectivity index (χ1n) is 11.1. The number of carbonyl (C=O) groups excluding carboxylic acids is 1. The van der Waals surface area contributed by atoms with Crippen molar-refractivity contribution < 1.29 is 14.3 Å². The van der Waals surface area contributed by atoms with E-state index in [4.69, 9.17) is 14.5 Å². The summed E-state index contributed by atoms with van der Waals surface area (Å²) in [7, 11) is 0.511. The van der Waals surface area contributed by atoms with Gasteiger partial charge in [-0.2, -0.15) is 0 Å². The molecule has 32 heavy (non-hydrogen) atoms. The Morgan fingerprint density at radius 2 is 1.94 bits per heavy atom. The van der Waals surface area contributed by atoms with Crippen LogP contribution in [-0.2, 0) is 11.5 Å². The molecule has 0 unspecified atom stereocenters. The minimum Gasteiger partial charge on any atom is -0.496 e. The van der Waals surface area contributed by atoms with Gasteiger partial charge >= 0.3 is 6.03 Å². The highest BCUT2D eigenvalue weighted by atomic mass is 28.3. The van der Waals surface area contributed by atoms with Crippen LogP contribution in [0.15, 0.2) is 42.6 Å². The van der Waals surface area contributed by atoms with Crippen LogP contribution in [0.2, 0.25) is 25.7 Å². The molecule has 3 aromatic rings. The number of hydrogen-bond donors (Lipinski definition) is 2. The number of methoxy groups -OCH3 is 1. The molecule has 170 valence electrons. The van der Waals surface area contributed by atoms with Crippen LogP contribution in [0.25, 0.3) is 22.2 Å². The molecule has 8 heteroatoms. The van der Waals surface area contributed by atoms with Crippen molar-refractivity contribution >= 4 is 31.0 Å². The molecule has 1 fully saturated rings. The van der Waals surface area contributed by atoms with Crippen LogP contribution >= 0.6 is 0 Å². The Labute approximate surface area is 190 Å². The molecule has 1 saturated carbocycles. The number of para-hydroxylation sites is 1. The summed E-state index contributed by atoms with van der Waals surface area (Å²) in [5.74, 6) is 1.32. The molecule has 1 aliphatic rings. The first-order valence-corrected chi connectivity index (χ1v) is 14.8. The van der Waals surface area contributed by atoms with Crippen LogP contribution in [0.1, 0.15) is 12.8 Å². The highest BCUT2D eigenvalue weighted by Gasteiger charge is 2.23. The summed E-state index contributed by atoms with van der Waals surface area (Å²) >= 11 is 0. The van der Waals surface area contributed by atoms with Crippen molar-refractivity contribution in [2.45, 2.75) is 51.3 Å². The Morgan fingerprint density at radius 1 is 1.16 bits per heavy atom. The molecule has 2 heterocycles. The van der Waals surface area contributed by atoms with E-state index in [2.05, 4.69) is 36.5 Å². The molecule has 0 radical (unpaired) electrons. The van der Waals surface area contributed by atoms with Gasteiger partial charge in [-0.3, -0.25) is 5.32 Å². The molecular formula is C24H32N4O3Si. The fourth-order valence-corrected chi connectivity index (χ4v) is 4.28. The summed E-state index contributed by atoms with van der Waals surface area (Å²) in [5, 5.41) is 6.77. The van der Waals surface area contributed by atoms with Crippen LogP contribution in [0.5, 0.6) is 5.75 Å². The fourth-order valence-electron chi connectivity index (χ4n) is 3.52. The fraction of sp³-hybridized carbons (Fsp3) is 0.417. The van der Waals surface area contributed by atoms with E-state index in [0.717, 1.165) is 53.4 Å². The minimum atomic E-state index is -1.17. The second-order valence-electron chi connectivity index (χ2n) is 9.50. The number of carbonyl (C=O) groups is 1.